The fraction of sp³-hybridized carbons (Fsp3) is 0.320. The zero-order valence-electron chi connectivity index (χ0n) is 20.3. The van der Waals surface area contributed by atoms with Crippen molar-refractivity contribution in [3.8, 4) is 5.75 Å². The van der Waals surface area contributed by atoms with Crippen LogP contribution in [0.2, 0.25) is 5.02 Å². The number of carbonyl (C=O) groups excluding carboxylic acids is 1. The fourth-order valence-electron chi connectivity index (χ4n) is 4.40. The second-order valence-electron chi connectivity index (χ2n) is 8.78. The molecule has 0 bridgehead atoms. The van der Waals surface area contributed by atoms with Crippen LogP contribution in [0.4, 0.5) is 5.95 Å². The quantitative estimate of drug-likeness (QED) is 0.425. The van der Waals surface area contributed by atoms with Crippen LogP contribution in [0.1, 0.15) is 22.5 Å². The number of pyridine rings is 1. The number of ether oxygens (including phenoxy) is 1. The minimum atomic E-state index is -0.312. The molecule has 1 aliphatic rings. The molecule has 4 aromatic rings. The van der Waals surface area contributed by atoms with E-state index in [-0.39, 0.29) is 23.8 Å². The maximum Gasteiger partial charge on any atom is 0.293 e. The highest BCUT2D eigenvalue weighted by molar-refractivity contribution is 6.31. The van der Waals surface area contributed by atoms with E-state index in [0.29, 0.717) is 23.9 Å². The number of aromatic nitrogens is 5. The van der Waals surface area contributed by atoms with Gasteiger partial charge in [0, 0.05) is 39.5 Å². The molecule has 3 aromatic heterocycles. The van der Waals surface area contributed by atoms with Crippen LogP contribution in [0.3, 0.4) is 0 Å². The smallest absolute Gasteiger partial charge is 0.293 e. The zero-order valence-corrected chi connectivity index (χ0v) is 21.0. The molecular formula is C25H26ClN7O3. The van der Waals surface area contributed by atoms with Gasteiger partial charge in [0.1, 0.15) is 0 Å². The minimum absolute atomic E-state index is 0.118. The highest BCUT2D eigenvalue weighted by Crippen LogP contribution is 2.26. The Morgan fingerprint density at radius 2 is 2.06 bits per heavy atom. The number of anilines is 1. The highest BCUT2D eigenvalue weighted by Gasteiger charge is 2.22. The summed E-state index contributed by atoms with van der Waals surface area (Å²) in [7, 11) is 5.14. The number of amides is 1. The lowest BCUT2D eigenvalue weighted by Crippen LogP contribution is -2.32. The average molecular weight is 508 g/mol. The third-order valence-corrected chi connectivity index (χ3v) is 6.81. The summed E-state index contributed by atoms with van der Waals surface area (Å²) in [6.07, 6.45) is 4.95. The lowest BCUT2D eigenvalue weighted by atomic mass is 10.1. The van der Waals surface area contributed by atoms with Crippen molar-refractivity contribution < 1.29 is 9.53 Å². The van der Waals surface area contributed by atoms with Crippen LogP contribution in [0, 0.1) is 0 Å². The van der Waals surface area contributed by atoms with Crippen molar-refractivity contribution in [1.82, 2.24) is 29.6 Å². The second-order valence-corrected chi connectivity index (χ2v) is 9.19. The number of carbonyl (C=O) groups is 1. The Morgan fingerprint density at radius 3 is 2.86 bits per heavy atom. The fourth-order valence-corrected chi connectivity index (χ4v) is 4.56. The van der Waals surface area contributed by atoms with E-state index in [2.05, 4.69) is 20.3 Å². The molecule has 4 heterocycles. The molecule has 5 rings (SSSR count). The molecule has 0 fully saturated rings. The van der Waals surface area contributed by atoms with Crippen LogP contribution in [0.25, 0.3) is 10.9 Å². The van der Waals surface area contributed by atoms with Gasteiger partial charge in [-0.1, -0.05) is 17.7 Å². The van der Waals surface area contributed by atoms with E-state index < -0.39 is 0 Å². The molecule has 10 nitrogen and oxygen atoms in total. The van der Waals surface area contributed by atoms with Crippen molar-refractivity contribution in [3.63, 3.8) is 0 Å². The summed E-state index contributed by atoms with van der Waals surface area (Å²) in [5.41, 5.74) is 4.56. The van der Waals surface area contributed by atoms with Crippen LogP contribution in [-0.4, -0.2) is 50.4 Å². The van der Waals surface area contributed by atoms with Crippen molar-refractivity contribution in [2.75, 3.05) is 25.1 Å². The molecule has 0 spiro atoms. The van der Waals surface area contributed by atoms with Crippen molar-refractivity contribution in [3.05, 3.63) is 74.6 Å². The van der Waals surface area contributed by atoms with Gasteiger partial charge in [0.2, 0.25) is 5.95 Å². The van der Waals surface area contributed by atoms with E-state index in [1.54, 1.807) is 19.3 Å². The van der Waals surface area contributed by atoms with Crippen molar-refractivity contribution in [1.29, 1.82) is 0 Å². The van der Waals surface area contributed by atoms with Gasteiger partial charge in [-0.25, -0.2) is 9.97 Å². The third kappa shape index (κ3) is 4.51. The summed E-state index contributed by atoms with van der Waals surface area (Å²) in [6, 6.07) is 7.48. The predicted molar refractivity (Wildman–Crippen MR) is 137 cm³/mol. The van der Waals surface area contributed by atoms with Gasteiger partial charge in [-0.3, -0.25) is 14.3 Å². The van der Waals surface area contributed by atoms with Gasteiger partial charge in [-0.05, 0) is 35.7 Å². The topological polar surface area (TPSA) is 107 Å². The van der Waals surface area contributed by atoms with Crippen LogP contribution in [-0.2, 0) is 38.3 Å². The largest absolute Gasteiger partial charge is 0.478 e. The SMILES string of the molecule is CNC(=O)COc1cc2cc(Cc3nc(N4CCc5cnn(C)c5C4)ncc3Cl)ccc2n(C)c1=O. The Labute approximate surface area is 212 Å². The lowest BCUT2D eigenvalue weighted by molar-refractivity contribution is -0.122. The van der Waals surface area contributed by atoms with Crippen LogP contribution in [0.5, 0.6) is 5.75 Å². The molecule has 0 unspecified atom stereocenters. The first kappa shape index (κ1) is 23.8. The normalized spacial score (nSPS) is 13.1. The lowest BCUT2D eigenvalue weighted by Gasteiger charge is -2.27. The molecule has 36 heavy (non-hydrogen) atoms. The van der Waals surface area contributed by atoms with E-state index in [1.165, 1.54) is 17.2 Å². The number of likely N-dealkylation sites (N-methyl/N-ethyl adjacent to an activating group) is 1. The summed E-state index contributed by atoms with van der Waals surface area (Å²) in [5, 5.41) is 8.14. The molecule has 0 saturated heterocycles. The standard InChI is InChI=1S/C25H26ClN7O3/c1-27-23(34)14-36-22-10-17-8-15(4-5-20(17)31(2)24(22)35)9-19-18(26)12-28-25(30-19)33-7-6-16-11-29-32(3)21(16)13-33/h4-5,8,10-12H,6-7,9,13-14H2,1-3H3,(H,27,34). The summed E-state index contributed by atoms with van der Waals surface area (Å²) in [4.78, 5) is 35.6. The molecule has 1 N–H and O–H groups in total. The van der Waals surface area contributed by atoms with Crippen LogP contribution >= 0.6 is 11.6 Å². The summed E-state index contributed by atoms with van der Waals surface area (Å²) in [6.45, 7) is 1.27. The Hall–Kier alpha value is -3.92. The first-order valence-electron chi connectivity index (χ1n) is 11.6. The first-order chi connectivity index (χ1) is 17.3. The Balaban J connectivity index is 1.42. The van der Waals surface area contributed by atoms with Crippen molar-refractivity contribution >= 4 is 34.4 Å². The van der Waals surface area contributed by atoms with E-state index in [1.807, 2.05) is 36.1 Å². The van der Waals surface area contributed by atoms with E-state index >= 15 is 0 Å². The monoisotopic (exact) mass is 507 g/mol. The van der Waals surface area contributed by atoms with Crippen LogP contribution in [0.15, 0.2) is 41.5 Å². The molecule has 0 radical (unpaired) electrons. The highest BCUT2D eigenvalue weighted by atomic mass is 35.5. The summed E-state index contributed by atoms with van der Waals surface area (Å²) < 4.78 is 8.87. The average Bonchev–Trinajstić information content (AvgIpc) is 3.26. The number of aryl methyl sites for hydroxylation is 2. The first-order valence-corrected chi connectivity index (χ1v) is 11.9. The number of fused-ring (bicyclic) bond motifs is 2. The molecule has 186 valence electrons. The molecular weight excluding hydrogens is 482 g/mol. The minimum Gasteiger partial charge on any atom is -0.478 e. The molecule has 1 amide bonds. The molecule has 1 aromatic carbocycles. The molecule has 11 heteroatoms. The van der Waals surface area contributed by atoms with Gasteiger partial charge in [0.15, 0.2) is 12.4 Å². The molecule has 0 saturated carbocycles. The van der Waals surface area contributed by atoms with E-state index in [4.69, 9.17) is 21.3 Å². The van der Waals surface area contributed by atoms with Crippen LogP contribution < -0.4 is 20.5 Å². The van der Waals surface area contributed by atoms with E-state index in [0.717, 1.165) is 40.8 Å². The van der Waals surface area contributed by atoms with Gasteiger partial charge >= 0.3 is 0 Å². The molecule has 0 atom stereocenters. The second kappa shape index (κ2) is 9.62. The zero-order chi connectivity index (χ0) is 25.4. The van der Waals surface area contributed by atoms with Gasteiger partial charge in [-0.15, -0.1) is 0 Å². The van der Waals surface area contributed by atoms with Crippen molar-refractivity contribution in [2.24, 2.45) is 14.1 Å². The summed E-state index contributed by atoms with van der Waals surface area (Å²) >= 11 is 6.49. The maximum absolute atomic E-state index is 12.6. The predicted octanol–water partition coefficient (Wildman–Crippen LogP) is 1.99. The van der Waals surface area contributed by atoms with Gasteiger partial charge < -0.3 is 19.5 Å². The van der Waals surface area contributed by atoms with Crippen molar-refractivity contribution in [2.45, 2.75) is 19.4 Å². The number of nitrogens with one attached hydrogen (secondary N) is 1. The van der Waals surface area contributed by atoms with E-state index in [9.17, 15) is 9.59 Å². The maximum atomic E-state index is 12.6. The number of benzene rings is 1. The molecule has 1 aliphatic heterocycles. The molecule has 0 aliphatic carbocycles. The number of hydrogen-bond acceptors (Lipinski definition) is 7. The number of halogens is 1. The number of nitrogens with zero attached hydrogens (tertiary/aromatic N) is 6. The van der Waals surface area contributed by atoms with Gasteiger partial charge in [0.25, 0.3) is 11.5 Å². The Morgan fingerprint density at radius 1 is 1.22 bits per heavy atom. The van der Waals surface area contributed by atoms with Gasteiger partial charge in [-0.2, -0.15) is 5.10 Å². The van der Waals surface area contributed by atoms with Gasteiger partial charge in [0.05, 0.1) is 40.9 Å². The number of hydrogen-bond donors (Lipinski definition) is 1. The summed E-state index contributed by atoms with van der Waals surface area (Å²) in [5.74, 6) is 0.440. The Bertz CT molecular complexity index is 1530. The number of rotatable bonds is 6. The third-order valence-electron chi connectivity index (χ3n) is 6.49. The Kier molecular flexibility index (Phi) is 6.36.